The van der Waals surface area contributed by atoms with Gasteiger partial charge in [-0.25, -0.2) is 0 Å². The molecular formula is C10H12ClN3O3. The van der Waals surface area contributed by atoms with Crippen LogP contribution in [0.2, 0.25) is 5.02 Å². The SMILES string of the molecule is CC(CN)NC(=O)c1ccc(Cl)cc1[N+](=O)[O-]. The van der Waals surface area contributed by atoms with Gasteiger partial charge in [0.05, 0.1) is 4.92 Å². The van der Waals surface area contributed by atoms with Crippen molar-refractivity contribution in [1.82, 2.24) is 5.32 Å². The molecule has 1 aromatic rings. The second-order valence-corrected chi connectivity index (χ2v) is 3.97. The molecule has 1 amide bonds. The van der Waals surface area contributed by atoms with Crippen LogP contribution < -0.4 is 11.1 Å². The third-order valence-corrected chi connectivity index (χ3v) is 2.37. The Morgan fingerprint density at radius 2 is 2.29 bits per heavy atom. The van der Waals surface area contributed by atoms with Crippen molar-refractivity contribution in [2.75, 3.05) is 6.54 Å². The lowest BCUT2D eigenvalue weighted by atomic mass is 10.1. The van der Waals surface area contributed by atoms with Gasteiger partial charge >= 0.3 is 0 Å². The van der Waals surface area contributed by atoms with E-state index >= 15 is 0 Å². The lowest BCUT2D eigenvalue weighted by Gasteiger charge is -2.11. The maximum atomic E-state index is 11.7. The molecule has 3 N–H and O–H groups in total. The summed E-state index contributed by atoms with van der Waals surface area (Å²) in [5, 5.41) is 13.5. The minimum atomic E-state index is -0.645. The Balaban J connectivity index is 3.04. The van der Waals surface area contributed by atoms with Crippen LogP contribution in [-0.4, -0.2) is 23.4 Å². The fourth-order valence-corrected chi connectivity index (χ4v) is 1.37. The fraction of sp³-hybridized carbons (Fsp3) is 0.300. The molecule has 0 saturated heterocycles. The molecule has 0 bridgehead atoms. The highest BCUT2D eigenvalue weighted by atomic mass is 35.5. The van der Waals surface area contributed by atoms with Crippen LogP contribution in [0.5, 0.6) is 0 Å². The topological polar surface area (TPSA) is 98.3 Å². The van der Waals surface area contributed by atoms with E-state index in [1.807, 2.05) is 0 Å². The number of carbonyl (C=O) groups excluding carboxylic acids is 1. The van der Waals surface area contributed by atoms with Gasteiger partial charge in [0, 0.05) is 23.7 Å². The Kier molecular flexibility index (Phi) is 4.42. The highest BCUT2D eigenvalue weighted by molar-refractivity contribution is 6.31. The Morgan fingerprint density at radius 1 is 1.65 bits per heavy atom. The molecule has 1 unspecified atom stereocenters. The second-order valence-electron chi connectivity index (χ2n) is 3.53. The number of amides is 1. The zero-order valence-electron chi connectivity index (χ0n) is 9.14. The molecular weight excluding hydrogens is 246 g/mol. The van der Waals surface area contributed by atoms with E-state index in [2.05, 4.69) is 5.32 Å². The van der Waals surface area contributed by atoms with Gasteiger partial charge in [0.15, 0.2) is 0 Å². The first-order chi connectivity index (χ1) is 7.95. The predicted octanol–water partition coefficient (Wildman–Crippen LogP) is 1.33. The summed E-state index contributed by atoms with van der Waals surface area (Å²) in [6.45, 7) is 1.97. The number of nitro benzene ring substituents is 1. The van der Waals surface area contributed by atoms with E-state index in [9.17, 15) is 14.9 Å². The van der Waals surface area contributed by atoms with Crippen molar-refractivity contribution in [3.63, 3.8) is 0 Å². The molecule has 1 atom stereocenters. The fourth-order valence-electron chi connectivity index (χ4n) is 1.21. The van der Waals surface area contributed by atoms with Gasteiger partial charge in [-0.3, -0.25) is 14.9 Å². The number of nitrogens with zero attached hydrogens (tertiary/aromatic N) is 1. The average molecular weight is 258 g/mol. The highest BCUT2D eigenvalue weighted by Crippen LogP contribution is 2.23. The molecule has 0 aliphatic rings. The molecule has 1 aromatic carbocycles. The molecule has 17 heavy (non-hydrogen) atoms. The number of rotatable bonds is 4. The number of benzene rings is 1. The summed E-state index contributed by atoms with van der Waals surface area (Å²) in [5.74, 6) is -0.536. The maximum Gasteiger partial charge on any atom is 0.283 e. The van der Waals surface area contributed by atoms with Gasteiger partial charge in [0.2, 0.25) is 0 Å². The van der Waals surface area contributed by atoms with Gasteiger partial charge in [-0.1, -0.05) is 11.6 Å². The first-order valence-corrected chi connectivity index (χ1v) is 5.28. The Morgan fingerprint density at radius 3 is 2.82 bits per heavy atom. The predicted molar refractivity (Wildman–Crippen MR) is 64.1 cm³/mol. The summed E-state index contributed by atoms with van der Waals surface area (Å²) in [4.78, 5) is 21.9. The minimum Gasteiger partial charge on any atom is -0.348 e. The first kappa shape index (κ1) is 13.4. The monoisotopic (exact) mass is 257 g/mol. The van der Waals surface area contributed by atoms with Crippen LogP contribution >= 0.6 is 11.6 Å². The van der Waals surface area contributed by atoms with Gasteiger partial charge in [0.1, 0.15) is 5.56 Å². The number of hydrogen-bond donors (Lipinski definition) is 2. The van der Waals surface area contributed by atoms with Crippen LogP contribution in [0.25, 0.3) is 0 Å². The molecule has 7 heteroatoms. The molecule has 0 heterocycles. The number of nitrogens with two attached hydrogens (primary N) is 1. The van der Waals surface area contributed by atoms with Gasteiger partial charge < -0.3 is 11.1 Å². The van der Waals surface area contributed by atoms with E-state index < -0.39 is 10.8 Å². The molecule has 0 aliphatic carbocycles. The summed E-state index contributed by atoms with van der Waals surface area (Å²) in [6.07, 6.45) is 0. The van der Waals surface area contributed by atoms with Crippen LogP contribution in [0.15, 0.2) is 18.2 Å². The van der Waals surface area contributed by atoms with Gasteiger partial charge in [-0.05, 0) is 19.1 Å². The van der Waals surface area contributed by atoms with Crippen LogP contribution in [-0.2, 0) is 0 Å². The second kappa shape index (κ2) is 5.60. The van der Waals surface area contributed by atoms with Crippen LogP contribution in [0, 0.1) is 10.1 Å². The number of carbonyl (C=O) groups is 1. The number of nitro groups is 1. The lowest BCUT2D eigenvalue weighted by Crippen LogP contribution is -2.38. The summed E-state index contributed by atoms with van der Waals surface area (Å²) in [7, 11) is 0. The quantitative estimate of drug-likeness (QED) is 0.628. The number of halogens is 1. The van der Waals surface area contributed by atoms with E-state index in [1.165, 1.54) is 12.1 Å². The number of nitrogens with one attached hydrogen (secondary N) is 1. The zero-order chi connectivity index (χ0) is 13.0. The molecule has 0 aliphatic heterocycles. The molecule has 0 radical (unpaired) electrons. The normalized spacial score (nSPS) is 11.9. The average Bonchev–Trinajstić information content (AvgIpc) is 2.28. The van der Waals surface area contributed by atoms with Crippen molar-refractivity contribution in [2.45, 2.75) is 13.0 Å². The largest absolute Gasteiger partial charge is 0.348 e. The van der Waals surface area contributed by atoms with Gasteiger partial charge in [0.25, 0.3) is 11.6 Å². The van der Waals surface area contributed by atoms with Crippen LogP contribution in [0.1, 0.15) is 17.3 Å². The molecule has 6 nitrogen and oxygen atoms in total. The summed E-state index contributed by atoms with van der Waals surface area (Å²) >= 11 is 5.64. The third kappa shape index (κ3) is 3.40. The van der Waals surface area contributed by atoms with E-state index in [0.29, 0.717) is 0 Å². The van der Waals surface area contributed by atoms with E-state index in [0.717, 1.165) is 6.07 Å². The van der Waals surface area contributed by atoms with Crippen LogP contribution in [0.3, 0.4) is 0 Å². The van der Waals surface area contributed by atoms with Gasteiger partial charge in [-0.2, -0.15) is 0 Å². The standard InChI is InChI=1S/C10H12ClN3O3/c1-6(5-12)13-10(15)8-3-2-7(11)4-9(8)14(16)17/h2-4,6H,5,12H2,1H3,(H,13,15). The summed E-state index contributed by atoms with van der Waals surface area (Å²) < 4.78 is 0. The van der Waals surface area contributed by atoms with E-state index in [4.69, 9.17) is 17.3 Å². The maximum absolute atomic E-state index is 11.7. The van der Waals surface area contributed by atoms with Gasteiger partial charge in [-0.15, -0.1) is 0 Å². The Bertz CT molecular complexity index is 450. The molecule has 92 valence electrons. The van der Waals surface area contributed by atoms with Crippen molar-refractivity contribution in [3.05, 3.63) is 38.9 Å². The van der Waals surface area contributed by atoms with Crippen LogP contribution in [0.4, 0.5) is 5.69 Å². The van der Waals surface area contributed by atoms with Crippen molar-refractivity contribution in [3.8, 4) is 0 Å². The van der Waals surface area contributed by atoms with E-state index in [-0.39, 0.29) is 28.9 Å². The molecule has 0 saturated carbocycles. The minimum absolute atomic E-state index is 0.0281. The zero-order valence-corrected chi connectivity index (χ0v) is 9.90. The molecule has 0 aromatic heterocycles. The summed E-state index contributed by atoms with van der Waals surface area (Å²) in [5.41, 5.74) is 5.00. The van der Waals surface area contributed by atoms with Crippen molar-refractivity contribution >= 4 is 23.2 Å². The smallest absolute Gasteiger partial charge is 0.283 e. The Hall–Kier alpha value is -1.66. The van der Waals surface area contributed by atoms with Crippen molar-refractivity contribution < 1.29 is 9.72 Å². The number of hydrogen-bond acceptors (Lipinski definition) is 4. The van der Waals surface area contributed by atoms with Crippen molar-refractivity contribution in [1.29, 1.82) is 0 Å². The molecule has 1 rings (SSSR count). The molecule has 0 spiro atoms. The summed E-state index contributed by atoms with van der Waals surface area (Å²) in [6, 6.07) is 3.64. The Labute approximate surface area is 103 Å². The first-order valence-electron chi connectivity index (χ1n) is 4.90. The molecule has 0 fully saturated rings. The van der Waals surface area contributed by atoms with E-state index in [1.54, 1.807) is 6.92 Å². The lowest BCUT2D eigenvalue weighted by molar-refractivity contribution is -0.385. The highest BCUT2D eigenvalue weighted by Gasteiger charge is 2.21. The van der Waals surface area contributed by atoms with Crippen molar-refractivity contribution in [2.24, 2.45) is 5.73 Å². The third-order valence-electron chi connectivity index (χ3n) is 2.13.